The van der Waals surface area contributed by atoms with Crippen molar-refractivity contribution >= 4 is 5.78 Å². The summed E-state index contributed by atoms with van der Waals surface area (Å²) in [6.45, 7) is 20.8. The average Bonchev–Trinajstić information content (AvgIpc) is 2.86. The van der Waals surface area contributed by atoms with Crippen molar-refractivity contribution in [2.75, 3.05) is 0 Å². The zero-order valence-electron chi connectivity index (χ0n) is 28.1. The largest absolute Gasteiger partial charge is 0.393 e. The van der Waals surface area contributed by atoms with Crippen LogP contribution in [0.15, 0.2) is 54.7 Å². The third-order valence-electron chi connectivity index (χ3n) is 7.25. The molecular formula is C39H49IrN2O2-. The Labute approximate surface area is 279 Å². The molecule has 1 radical (unpaired) electrons. The van der Waals surface area contributed by atoms with Crippen LogP contribution in [0, 0.1) is 59.4 Å². The van der Waals surface area contributed by atoms with Crippen molar-refractivity contribution in [3.63, 3.8) is 0 Å². The first-order chi connectivity index (χ1) is 20.2. The van der Waals surface area contributed by atoms with E-state index in [2.05, 4.69) is 110 Å². The minimum Gasteiger partial charge on any atom is -0.393 e. The third-order valence-corrected chi connectivity index (χ3v) is 7.25. The number of aromatic nitrogens is 2. The molecule has 1 heterocycles. The van der Waals surface area contributed by atoms with E-state index in [1.807, 2.05) is 20.0 Å². The number of rotatable bonds is 9. The maximum absolute atomic E-state index is 11.3. The van der Waals surface area contributed by atoms with Crippen LogP contribution in [0.5, 0.6) is 0 Å². The quantitative estimate of drug-likeness (QED) is 0.172. The van der Waals surface area contributed by atoms with Crippen molar-refractivity contribution in [2.24, 2.45) is 11.8 Å². The number of hydrogen-bond donors (Lipinski definition) is 1. The van der Waals surface area contributed by atoms with Crippen LogP contribution in [-0.4, -0.2) is 27.0 Å². The number of Topliss-reactive ketones (excluding diaryl/α,β-unsaturated/α-hetero) is 1. The number of hydrogen-bond acceptors (Lipinski definition) is 4. The molecule has 0 bridgehead atoms. The SMILES string of the molecule is CC(C)CC(=O)CC(O)CC(C)C.Cc1[c-]c(-c2ncc(-c3c(C)cccc3C)nc2-c2cc(C)cc(C)c2)cc(C)c1.[Ir]. The van der Waals surface area contributed by atoms with E-state index in [-0.39, 0.29) is 25.9 Å². The summed E-state index contributed by atoms with van der Waals surface area (Å²) < 4.78 is 0. The second kappa shape index (κ2) is 16.9. The average molecular weight is 770 g/mol. The van der Waals surface area contributed by atoms with Crippen LogP contribution in [0.2, 0.25) is 0 Å². The maximum Gasteiger partial charge on any atom is 0.135 e. The number of ketones is 1. The number of carbonyl (C=O) groups excluding carboxylic acids is 1. The van der Waals surface area contributed by atoms with Crippen molar-refractivity contribution < 1.29 is 30.0 Å². The van der Waals surface area contributed by atoms with E-state index in [0.29, 0.717) is 24.7 Å². The Balaban J connectivity index is 0.000000412. The molecule has 44 heavy (non-hydrogen) atoms. The Morgan fingerprint density at radius 1 is 0.795 bits per heavy atom. The topological polar surface area (TPSA) is 63.1 Å². The van der Waals surface area contributed by atoms with Gasteiger partial charge in [-0.25, -0.2) is 0 Å². The Morgan fingerprint density at radius 3 is 1.93 bits per heavy atom. The first-order valence-corrected chi connectivity index (χ1v) is 15.5. The predicted octanol–water partition coefficient (Wildman–Crippen LogP) is 9.52. The van der Waals surface area contributed by atoms with Gasteiger partial charge in [-0.1, -0.05) is 89.1 Å². The summed E-state index contributed by atoms with van der Waals surface area (Å²) in [7, 11) is 0. The Morgan fingerprint density at radius 2 is 1.39 bits per heavy atom. The van der Waals surface area contributed by atoms with Crippen molar-refractivity contribution in [1.82, 2.24) is 9.97 Å². The first-order valence-electron chi connectivity index (χ1n) is 15.5. The molecule has 1 aromatic heterocycles. The van der Waals surface area contributed by atoms with Crippen molar-refractivity contribution in [3.8, 4) is 33.8 Å². The number of aryl methyl sites for hydroxylation is 6. The fourth-order valence-electron chi connectivity index (χ4n) is 5.69. The second-order valence-corrected chi connectivity index (χ2v) is 13.0. The van der Waals surface area contributed by atoms with Gasteiger partial charge < -0.3 is 10.1 Å². The van der Waals surface area contributed by atoms with Gasteiger partial charge in [0, 0.05) is 50.4 Å². The first kappa shape index (κ1) is 37.2. The summed E-state index contributed by atoms with van der Waals surface area (Å²) in [5.74, 6) is 1.05. The molecule has 4 aromatic rings. The molecule has 0 aliphatic carbocycles. The normalized spacial score (nSPS) is 11.6. The summed E-state index contributed by atoms with van der Waals surface area (Å²) in [5.41, 5.74) is 13.1. The Bertz CT molecular complexity index is 1500. The van der Waals surface area contributed by atoms with E-state index < -0.39 is 6.10 Å². The molecule has 0 saturated heterocycles. The number of nitrogens with zero attached hydrogens (tertiary/aromatic N) is 2. The van der Waals surface area contributed by atoms with Gasteiger partial charge in [0.15, 0.2) is 0 Å². The van der Waals surface area contributed by atoms with Gasteiger partial charge in [0.05, 0.1) is 17.5 Å². The van der Waals surface area contributed by atoms with Crippen LogP contribution in [0.25, 0.3) is 33.8 Å². The molecule has 0 aliphatic rings. The minimum absolute atomic E-state index is 0. The molecule has 5 heteroatoms. The smallest absolute Gasteiger partial charge is 0.135 e. The van der Waals surface area contributed by atoms with Crippen LogP contribution in [0.1, 0.15) is 80.3 Å². The predicted molar refractivity (Wildman–Crippen MR) is 180 cm³/mol. The van der Waals surface area contributed by atoms with E-state index in [9.17, 15) is 9.90 Å². The molecule has 4 rings (SSSR count). The maximum atomic E-state index is 11.3. The van der Waals surface area contributed by atoms with E-state index in [1.165, 1.54) is 27.8 Å². The molecule has 1 unspecified atom stereocenters. The van der Waals surface area contributed by atoms with Crippen LogP contribution >= 0.6 is 0 Å². The summed E-state index contributed by atoms with van der Waals surface area (Å²) in [6.07, 6.45) is 3.11. The molecule has 3 aromatic carbocycles. The molecule has 0 spiro atoms. The van der Waals surface area contributed by atoms with Gasteiger partial charge in [-0.05, 0) is 62.6 Å². The van der Waals surface area contributed by atoms with E-state index in [1.54, 1.807) is 0 Å². The number of aliphatic hydroxyl groups is 1. The van der Waals surface area contributed by atoms with Crippen LogP contribution < -0.4 is 0 Å². The standard InChI is InChI=1S/C28H27N2.C11H22O2.Ir/c1-17-10-18(2)13-23(12-17)27-28(24-14-19(3)11-20(4)15-24)30-25(16-29-27)26-21(5)8-7-9-22(26)6;1-8(2)5-10(12)7-11(13)6-9(3)4;/h7-12,14-16H,1-6H3;8-10,12H,5-7H2,1-4H3;/q-1;;. The van der Waals surface area contributed by atoms with Gasteiger partial charge in [-0.2, -0.15) is 0 Å². The molecule has 4 nitrogen and oxygen atoms in total. The van der Waals surface area contributed by atoms with Gasteiger partial charge >= 0.3 is 0 Å². The van der Waals surface area contributed by atoms with Gasteiger partial charge in [0.2, 0.25) is 0 Å². The number of aliphatic hydroxyl groups excluding tert-OH is 1. The fourth-order valence-corrected chi connectivity index (χ4v) is 5.69. The van der Waals surface area contributed by atoms with Gasteiger partial charge in [-0.15, -0.1) is 34.9 Å². The van der Waals surface area contributed by atoms with Crippen LogP contribution in [0.3, 0.4) is 0 Å². The summed E-state index contributed by atoms with van der Waals surface area (Å²) in [4.78, 5) is 21.4. The van der Waals surface area contributed by atoms with Crippen LogP contribution in [0.4, 0.5) is 0 Å². The summed E-state index contributed by atoms with van der Waals surface area (Å²) in [5, 5.41) is 9.48. The van der Waals surface area contributed by atoms with Gasteiger partial charge in [0.1, 0.15) is 5.78 Å². The van der Waals surface area contributed by atoms with E-state index >= 15 is 0 Å². The molecule has 1 atom stereocenters. The molecule has 0 amide bonds. The Kier molecular flexibility index (Phi) is 14.3. The third kappa shape index (κ3) is 10.9. The number of benzene rings is 3. The molecule has 0 saturated carbocycles. The second-order valence-electron chi connectivity index (χ2n) is 13.0. The van der Waals surface area contributed by atoms with E-state index in [4.69, 9.17) is 9.97 Å². The molecular weight excluding hydrogens is 721 g/mol. The van der Waals surface area contributed by atoms with Crippen molar-refractivity contribution in [2.45, 2.75) is 94.6 Å². The van der Waals surface area contributed by atoms with E-state index in [0.717, 1.165) is 45.8 Å². The fraction of sp³-hybridized carbons (Fsp3) is 0.410. The zero-order chi connectivity index (χ0) is 31.8. The monoisotopic (exact) mass is 770 g/mol. The molecule has 0 fully saturated rings. The Hall–Kier alpha value is -2.98. The van der Waals surface area contributed by atoms with Crippen molar-refractivity contribution in [3.05, 3.63) is 94.2 Å². The number of carbonyl (C=O) groups is 1. The van der Waals surface area contributed by atoms with Gasteiger partial charge in [-0.3, -0.25) is 9.78 Å². The molecule has 237 valence electrons. The molecule has 1 N–H and O–H groups in total. The minimum atomic E-state index is -0.439. The molecule has 0 aliphatic heterocycles. The van der Waals surface area contributed by atoms with Crippen LogP contribution in [-0.2, 0) is 24.9 Å². The summed E-state index contributed by atoms with van der Waals surface area (Å²) in [6, 6.07) is 20.7. The summed E-state index contributed by atoms with van der Waals surface area (Å²) >= 11 is 0. The zero-order valence-corrected chi connectivity index (χ0v) is 30.5. The van der Waals surface area contributed by atoms with Crippen molar-refractivity contribution in [1.29, 1.82) is 0 Å². The van der Waals surface area contributed by atoms with Gasteiger partial charge in [0.25, 0.3) is 0 Å².